The number of ketones is 1. The van der Waals surface area contributed by atoms with E-state index in [1.165, 1.54) is 7.11 Å². The first kappa shape index (κ1) is 17.6. The van der Waals surface area contributed by atoms with Gasteiger partial charge in [-0.25, -0.2) is 4.79 Å². The second-order valence-electron chi connectivity index (χ2n) is 6.18. The molecule has 128 valence electrons. The fraction of sp³-hybridized carbons (Fsp3) is 0.238. The molecule has 2 atom stereocenters. The van der Waals surface area contributed by atoms with Crippen molar-refractivity contribution in [1.29, 1.82) is 0 Å². The highest BCUT2D eigenvalue weighted by atomic mass is 79.9. The lowest BCUT2D eigenvalue weighted by molar-refractivity contribution is -0.136. The zero-order chi connectivity index (χ0) is 18.0. The molecule has 2 aromatic carbocycles. The summed E-state index contributed by atoms with van der Waals surface area (Å²) in [7, 11) is 1.34. The van der Waals surface area contributed by atoms with Crippen LogP contribution in [0.2, 0.25) is 0 Å². The van der Waals surface area contributed by atoms with E-state index in [4.69, 9.17) is 4.74 Å². The number of benzene rings is 2. The van der Waals surface area contributed by atoms with Gasteiger partial charge in [0, 0.05) is 27.4 Å². The number of hydrogen-bond acceptors (Lipinski definition) is 3. The number of fused-ring (bicyclic) bond motifs is 1. The smallest absolute Gasteiger partial charge is 0.333 e. The summed E-state index contributed by atoms with van der Waals surface area (Å²) >= 11 is 3.55. The van der Waals surface area contributed by atoms with Crippen molar-refractivity contribution >= 4 is 27.7 Å². The number of carbonyl (C=O) groups is 2. The van der Waals surface area contributed by atoms with Gasteiger partial charge in [0.05, 0.1) is 7.11 Å². The molecule has 1 aliphatic carbocycles. The maximum atomic E-state index is 13.1. The van der Waals surface area contributed by atoms with E-state index in [2.05, 4.69) is 22.5 Å². The molecule has 25 heavy (non-hydrogen) atoms. The average Bonchev–Trinajstić information content (AvgIpc) is 2.64. The molecule has 2 aromatic rings. The molecule has 1 aliphatic rings. The van der Waals surface area contributed by atoms with Crippen molar-refractivity contribution in [3.63, 3.8) is 0 Å². The second kappa shape index (κ2) is 7.36. The molecule has 0 amide bonds. The van der Waals surface area contributed by atoms with Gasteiger partial charge in [-0.2, -0.15) is 0 Å². The van der Waals surface area contributed by atoms with Gasteiger partial charge in [-0.05, 0) is 30.0 Å². The van der Waals surface area contributed by atoms with Crippen LogP contribution in [0.3, 0.4) is 0 Å². The second-order valence-corrected chi connectivity index (χ2v) is 7.04. The third kappa shape index (κ3) is 3.31. The number of Topliss-reactive ketones (excluding diaryl/α,β-unsaturated/α-hetero) is 1. The van der Waals surface area contributed by atoms with Crippen LogP contribution in [0.25, 0.3) is 0 Å². The first-order valence-electron chi connectivity index (χ1n) is 8.18. The van der Waals surface area contributed by atoms with Gasteiger partial charge in [0.25, 0.3) is 0 Å². The zero-order valence-corrected chi connectivity index (χ0v) is 15.6. The minimum atomic E-state index is -0.479. The minimum Gasteiger partial charge on any atom is -0.466 e. The van der Waals surface area contributed by atoms with E-state index < -0.39 is 11.9 Å². The Balaban J connectivity index is 2.07. The summed E-state index contributed by atoms with van der Waals surface area (Å²) in [6.07, 6.45) is 1.49. The van der Waals surface area contributed by atoms with Gasteiger partial charge in [0.2, 0.25) is 0 Å². The fourth-order valence-corrected chi connectivity index (χ4v) is 4.10. The van der Waals surface area contributed by atoms with E-state index >= 15 is 0 Å². The van der Waals surface area contributed by atoms with Crippen molar-refractivity contribution < 1.29 is 14.3 Å². The lowest BCUT2D eigenvalue weighted by Crippen LogP contribution is -2.31. The minimum absolute atomic E-state index is 0.0626. The Morgan fingerprint density at radius 1 is 1.20 bits per heavy atom. The summed E-state index contributed by atoms with van der Waals surface area (Å²) in [6.45, 7) is 3.96. The first-order valence-corrected chi connectivity index (χ1v) is 8.97. The number of carbonyl (C=O) groups excluding carboxylic acids is 2. The Morgan fingerprint density at radius 2 is 1.88 bits per heavy atom. The SMILES string of the molecule is C=C(C(=O)OC)C(c1ccccc1Br)C1CCc2ccccc2C1=O. The monoisotopic (exact) mass is 398 g/mol. The van der Waals surface area contributed by atoms with Crippen LogP contribution in [0.5, 0.6) is 0 Å². The largest absolute Gasteiger partial charge is 0.466 e. The molecule has 0 aromatic heterocycles. The molecule has 0 spiro atoms. The molecule has 2 unspecified atom stereocenters. The van der Waals surface area contributed by atoms with Crippen LogP contribution < -0.4 is 0 Å². The Kier molecular flexibility index (Phi) is 5.19. The van der Waals surface area contributed by atoms with Gasteiger partial charge in [0.1, 0.15) is 0 Å². The number of ether oxygens (including phenoxy) is 1. The van der Waals surface area contributed by atoms with E-state index in [9.17, 15) is 9.59 Å². The Bertz CT molecular complexity index is 841. The predicted octanol–water partition coefficient (Wildman–Crippen LogP) is 4.71. The van der Waals surface area contributed by atoms with Gasteiger partial charge >= 0.3 is 5.97 Å². The van der Waals surface area contributed by atoms with Crippen LogP contribution in [-0.2, 0) is 16.0 Å². The maximum absolute atomic E-state index is 13.1. The van der Waals surface area contributed by atoms with Crippen molar-refractivity contribution in [3.8, 4) is 0 Å². The van der Waals surface area contributed by atoms with Crippen molar-refractivity contribution in [2.45, 2.75) is 18.8 Å². The van der Waals surface area contributed by atoms with Crippen LogP contribution in [0.4, 0.5) is 0 Å². The first-order chi connectivity index (χ1) is 12.0. The summed E-state index contributed by atoms with van der Waals surface area (Å²) in [5.74, 6) is -1.16. The highest BCUT2D eigenvalue weighted by Gasteiger charge is 2.38. The van der Waals surface area contributed by atoms with Crippen LogP contribution in [0.15, 0.2) is 65.2 Å². The summed E-state index contributed by atoms with van der Waals surface area (Å²) in [6, 6.07) is 15.3. The number of aryl methyl sites for hydroxylation is 1. The van der Waals surface area contributed by atoms with Crippen molar-refractivity contribution in [2.75, 3.05) is 7.11 Å². The van der Waals surface area contributed by atoms with Gasteiger partial charge in [-0.1, -0.05) is 65.0 Å². The van der Waals surface area contributed by atoms with E-state index in [0.29, 0.717) is 12.0 Å². The molecule has 0 fully saturated rings. The lowest BCUT2D eigenvalue weighted by atomic mass is 9.71. The van der Waals surface area contributed by atoms with Gasteiger partial charge in [-0.3, -0.25) is 4.79 Å². The van der Waals surface area contributed by atoms with Gasteiger partial charge < -0.3 is 4.74 Å². The van der Waals surface area contributed by atoms with Crippen LogP contribution in [0.1, 0.15) is 33.8 Å². The van der Waals surface area contributed by atoms with E-state index in [1.54, 1.807) is 0 Å². The zero-order valence-electron chi connectivity index (χ0n) is 14.0. The molecule has 3 rings (SSSR count). The number of methoxy groups -OCH3 is 1. The normalized spacial score (nSPS) is 17.5. The fourth-order valence-electron chi connectivity index (χ4n) is 3.57. The number of hydrogen-bond donors (Lipinski definition) is 0. The van der Waals surface area contributed by atoms with Gasteiger partial charge in [0.15, 0.2) is 5.78 Å². The molecule has 0 saturated heterocycles. The standard InChI is InChI=1S/C21H19BrO3/c1-13(21(24)25-2)19(16-9-5-6-10-18(16)22)17-12-11-14-7-3-4-8-15(14)20(17)23/h3-10,17,19H,1,11-12H2,2H3. The Labute approximate surface area is 155 Å². The molecule has 0 radical (unpaired) electrons. The molecule has 0 bridgehead atoms. The predicted molar refractivity (Wildman–Crippen MR) is 101 cm³/mol. The summed E-state index contributed by atoms with van der Waals surface area (Å²) < 4.78 is 5.74. The topological polar surface area (TPSA) is 43.4 Å². The van der Waals surface area contributed by atoms with Gasteiger partial charge in [-0.15, -0.1) is 0 Å². The molecule has 0 saturated carbocycles. The van der Waals surface area contributed by atoms with E-state index in [0.717, 1.165) is 27.6 Å². The summed E-state index contributed by atoms with van der Waals surface area (Å²) in [5.41, 5.74) is 3.01. The van der Waals surface area contributed by atoms with Crippen LogP contribution in [0, 0.1) is 5.92 Å². The Morgan fingerprint density at radius 3 is 2.60 bits per heavy atom. The Hall–Kier alpha value is -2.20. The molecule has 0 heterocycles. The summed E-state index contributed by atoms with van der Waals surface area (Å²) in [5, 5.41) is 0. The average molecular weight is 399 g/mol. The third-order valence-electron chi connectivity index (χ3n) is 4.81. The van der Waals surface area contributed by atoms with Crippen molar-refractivity contribution in [3.05, 3.63) is 81.8 Å². The molecule has 0 aliphatic heterocycles. The highest BCUT2D eigenvalue weighted by molar-refractivity contribution is 9.10. The maximum Gasteiger partial charge on any atom is 0.333 e. The molecular formula is C21H19BrO3. The lowest BCUT2D eigenvalue weighted by Gasteiger charge is -2.31. The van der Waals surface area contributed by atoms with Crippen molar-refractivity contribution in [2.24, 2.45) is 5.92 Å². The number of rotatable bonds is 4. The number of halogens is 1. The third-order valence-corrected chi connectivity index (χ3v) is 5.53. The van der Waals surface area contributed by atoms with E-state index in [-0.39, 0.29) is 11.7 Å². The molecule has 3 nitrogen and oxygen atoms in total. The quantitative estimate of drug-likeness (QED) is 0.553. The van der Waals surface area contributed by atoms with Crippen LogP contribution in [-0.4, -0.2) is 18.9 Å². The highest BCUT2D eigenvalue weighted by Crippen LogP contribution is 2.42. The van der Waals surface area contributed by atoms with E-state index in [1.807, 2.05) is 48.5 Å². The molecule has 0 N–H and O–H groups in total. The number of esters is 1. The van der Waals surface area contributed by atoms with Crippen LogP contribution >= 0.6 is 15.9 Å². The molecular weight excluding hydrogens is 380 g/mol. The summed E-state index contributed by atoms with van der Waals surface area (Å²) in [4.78, 5) is 25.3. The molecule has 4 heteroatoms. The van der Waals surface area contributed by atoms with Crippen molar-refractivity contribution in [1.82, 2.24) is 0 Å².